The van der Waals surface area contributed by atoms with Crippen molar-refractivity contribution >= 4 is 5.96 Å². The summed E-state index contributed by atoms with van der Waals surface area (Å²) in [5.74, 6) is -0.201. The third-order valence-corrected chi connectivity index (χ3v) is 4.02. The lowest BCUT2D eigenvalue weighted by atomic mass is 10.1. The highest BCUT2D eigenvalue weighted by molar-refractivity contribution is 5.80. The number of guanidine groups is 1. The lowest BCUT2D eigenvalue weighted by molar-refractivity contribution is 0.550. The van der Waals surface area contributed by atoms with Crippen LogP contribution in [0.1, 0.15) is 24.2 Å². The van der Waals surface area contributed by atoms with Gasteiger partial charge in [0.2, 0.25) is 5.89 Å². The van der Waals surface area contributed by atoms with Crippen LogP contribution in [0, 0.1) is 11.6 Å². The van der Waals surface area contributed by atoms with Crippen molar-refractivity contribution < 1.29 is 13.2 Å². The molecule has 0 radical (unpaired) electrons. The minimum Gasteiger partial charge on any atom is -0.444 e. The number of aromatic nitrogens is 1. The summed E-state index contributed by atoms with van der Waals surface area (Å²) in [7, 11) is 1.61. The first-order chi connectivity index (χ1) is 13.1. The van der Waals surface area contributed by atoms with Crippen LogP contribution in [-0.4, -0.2) is 18.0 Å². The van der Waals surface area contributed by atoms with E-state index < -0.39 is 17.7 Å². The highest BCUT2D eigenvalue weighted by atomic mass is 19.1. The van der Waals surface area contributed by atoms with Crippen LogP contribution in [0.4, 0.5) is 8.78 Å². The number of oxazole rings is 1. The Morgan fingerprint density at radius 3 is 2.67 bits per heavy atom. The summed E-state index contributed by atoms with van der Waals surface area (Å²) in [6, 6.07) is 12.7. The van der Waals surface area contributed by atoms with Crippen molar-refractivity contribution in [3.63, 3.8) is 0 Å². The molecule has 0 aliphatic rings. The Bertz CT molecular complexity index is 925. The summed E-state index contributed by atoms with van der Waals surface area (Å²) >= 11 is 0. The Morgan fingerprint density at radius 2 is 1.96 bits per heavy atom. The normalized spacial score (nSPS) is 12.7. The van der Waals surface area contributed by atoms with E-state index in [0.717, 1.165) is 11.6 Å². The minimum atomic E-state index is -0.605. The van der Waals surface area contributed by atoms with Crippen molar-refractivity contribution in [2.45, 2.75) is 19.5 Å². The topological polar surface area (TPSA) is 62.5 Å². The van der Waals surface area contributed by atoms with Gasteiger partial charge in [-0.2, -0.15) is 0 Å². The van der Waals surface area contributed by atoms with Gasteiger partial charge in [-0.1, -0.05) is 24.3 Å². The summed E-state index contributed by atoms with van der Waals surface area (Å²) in [5, 5.41) is 6.17. The molecular weight excluding hydrogens is 350 g/mol. The SMILES string of the molecule is CN=C(NCc1coc(-c2ccccc2)n1)NC(C)c1ccc(F)cc1F. The number of nitrogens with zero attached hydrogens (tertiary/aromatic N) is 2. The van der Waals surface area contributed by atoms with Crippen LogP contribution in [0.5, 0.6) is 0 Å². The number of hydrogen-bond donors (Lipinski definition) is 2. The predicted molar refractivity (Wildman–Crippen MR) is 100 cm³/mol. The van der Waals surface area contributed by atoms with Gasteiger partial charge in [0, 0.05) is 24.2 Å². The lowest BCUT2D eigenvalue weighted by Crippen LogP contribution is -2.38. The van der Waals surface area contributed by atoms with Gasteiger partial charge in [-0.3, -0.25) is 4.99 Å². The maximum Gasteiger partial charge on any atom is 0.226 e. The summed E-state index contributed by atoms with van der Waals surface area (Å²) in [4.78, 5) is 8.55. The molecule has 1 atom stereocenters. The molecule has 0 aliphatic heterocycles. The Balaban J connectivity index is 1.60. The van der Waals surface area contributed by atoms with Crippen molar-refractivity contribution in [2.24, 2.45) is 4.99 Å². The van der Waals surface area contributed by atoms with E-state index in [9.17, 15) is 8.78 Å². The van der Waals surface area contributed by atoms with Crippen LogP contribution in [0.2, 0.25) is 0 Å². The third kappa shape index (κ3) is 4.69. The molecule has 0 bridgehead atoms. The van der Waals surface area contributed by atoms with Gasteiger partial charge in [-0.15, -0.1) is 0 Å². The molecule has 0 saturated carbocycles. The number of rotatable bonds is 5. The highest BCUT2D eigenvalue weighted by Gasteiger charge is 2.14. The predicted octanol–water partition coefficient (Wildman–Crippen LogP) is 4.05. The number of hydrogen-bond acceptors (Lipinski definition) is 3. The fourth-order valence-electron chi connectivity index (χ4n) is 2.61. The van der Waals surface area contributed by atoms with Gasteiger partial charge in [-0.05, 0) is 25.1 Å². The molecule has 1 aromatic heterocycles. The number of nitrogens with one attached hydrogen (secondary N) is 2. The lowest BCUT2D eigenvalue weighted by Gasteiger charge is -2.18. The number of benzene rings is 2. The molecule has 2 aromatic carbocycles. The Morgan fingerprint density at radius 1 is 1.19 bits per heavy atom. The number of aliphatic imine (C=N–C) groups is 1. The summed E-state index contributed by atoms with van der Waals surface area (Å²) < 4.78 is 32.5. The molecule has 0 aliphatic carbocycles. The van der Waals surface area contributed by atoms with Gasteiger partial charge < -0.3 is 15.1 Å². The highest BCUT2D eigenvalue weighted by Crippen LogP contribution is 2.19. The Hall–Kier alpha value is -3.22. The van der Waals surface area contributed by atoms with E-state index in [1.807, 2.05) is 30.3 Å². The van der Waals surface area contributed by atoms with Crippen molar-refractivity contribution in [3.8, 4) is 11.5 Å². The monoisotopic (exact) mass is 370 g/mol. The molecule has 3 aromatic rings. The molecular formula is C20H20F2N4O. The average molecular weight is 370 g/mol. The first-order valence-corrected chi connectivity index (χ1v) is 8.49. The van der Waals surface area contributed by atoms with Crippen molar-refractivity contribution in [2.75, 3.05) is 7.05 Å². The zero-order valence-corrected chi connectivity index (χ0v) is 15.0. The molecule has 1 heterocycles. The quantitative estimate of drug-likeness (QED) is 0.525. The van der Waals surface area contributed by atoms with Crippen molar-refractivity contribution in [1.82, 2.24) is 15.6 Å². The molecule has 0 amide bonds. The first kappa shape index (κ1) is 18.6. The van der Waals surface area contributed by atoms with E-state index in [4.69, 9.17) is 4.42 Å². The molecule has 0 fully saturated rings. The van der Waals surface area contributed by atoms with Crippen LogP contribution in [0.15, 0.2) is 64.2 Å². The number of halogens is 2. The van der Waals surface area contributed by atoms with E-state index in [2.05, 4.69) is 20.6 Å². The van der Waals surface area contributed by atoms with Crippen LogP contribution in [0.25, 0.3) is 11.5 Å². The van der Waals surface area contributed by atoms with Gasteiger partial charge in [0.05, 0.1) is 18.3 Å². The van der Waals surface area contributed by atoms with E-state index in [-0.39, 0.29) is 0 Å². The molecule has 3 rings (SSSR count). The second-order valence-corrected chi connectivity index (χ2v) is 5.97. The summed E-state index contributed by atoms with van der Waals surface area (Å²) in [5.41, 5.74) is 1.95. The molecule has 2 N–H and O–H groups in total. The van der Waals surface area contributed by atoms with Gasteiger partial charge in [0.1, 0.15) is 17.9 Å². The van der Waals surface area contributed by atoms with Gasteiger partial charge in [0.25, 0.3) is 0 Å². The Kier molecular flexibility index (Phi) is 5.80. The molecule has 7 heteroatoms. The molecule has 0 saturated heterocycles. The largest absolute Gasteiger partial charge is 0.444 e. The average Bonchev–Trinajstić information content (AvgIpc) is 3.14. The fraction of sp³-hybridized carbons (Fsp3) is 0.200. The molecule has 1 unspecified atom stereocenters. The maximum atomic E-state index is 13.9. The van der Waals surface area contributed by atoms with Gasteiger partial charge in [0.15, 0.2) is 5.96 Å². The summed E-state index contributed by atoms with van der Waals surface area (Å²) in [6.45, 7) is 2.15. The Labute approximate surface area is 156 Å². The zero-order valence-electron chi connectivity index (χ0n) is 15.0. The molecule has 5 nitrogen and oxygen atoms in total. The van der Waals surface area contributed by atoms with Crippen molar-refractivity contribution in [1.29, 1.82) is 0 Å². The van der Waals surface area contributed by atoms with E-state index in [0.29, 0.717) is 29.7 Å². The maximum absolute atomic E-state index is 13.9. The van der Waals surface area contributed by atoms with Crippen LogP contribution >= 0.6 is 0 Å². The molecule has 0 spiro atoms. The van der Waals surface area contributed by atoms with Gasteiger partial charge in [-0.25, -0.2) is 13.8 Å². The van der Waals surface area contributed by atoms with Crippen molar-refractivity contribution in [3.05, 3.63) is 77.7 Å². The standard InChI is InChI=1S/C20H20F2N4O/c1-13(17-9-8-15(21)10-18(17)22)25-20(23-2)24-11-16-12-27-19(26-16)14-6-4-3-5-7-14/h3-10,12-13H,11H2,1-2H3,(H2,23,24,25). The smallest absolute Gasteiger partial charge is 0.226 e. The summed E-state index contributed by atoms with van der Waals surface area (Å²) in [6.07, 6.45) is 1.58. The fourth-order valence-corrected chi connectivity index (χ4v) is 2.61. The second kappa shape index (κ2) is 8.44. The van der Waals surface area contributed by atoms with E-state index in [1.54, 1.807) is 20.2 Å². The minimum absolute atomic E-state index is 0.354. The van der Waals surface area contributed by atoms with Crippen LogP contribution < -0.4 is 10.6 Å². The van der Waals surface area contributed by atoms with E-state index in [1.165, 1.54) is 12.1 Å². The third-order valence-electron chi connectivity index (χ3n) is 4.02. The van der Waals surface area contributed by atoms with Crippen LogP contribution in [0.3, 0.4) is 0 Å². The zero-order chi connectivity index (χ0) is 19.2. The molecule has 27 heavy (non-hydrogen) atoms. The first-order valence-electron chi connectivity index (χ1n) is 8.49. The molecule has 140 valence electrons. The van der Waals surface area contributed by atoms with E-state index >= 15 is 0 Å². The van der Waals surface area contributed by atoms with Crippen LogP contribution in [-0.2, 0) is 6.54 Å². The second-order valence-electron chi connectivity index (χ2n) is 5.97. The van der Waals surface area contributed by atoms with Gasteiger partial charge >= 0.3 is 0 Å².